The van der Waals surface area contributed by atoms with E-state index in [2.05, 4.69) is 6.92 Å². The molecule has 1 aromatic carbocycles. The van der Waals surface area contributed by atoms with Crippen LogP contribution in [-0.2, 0) is 4.79 Å². The quantitative estimate of drug-likeness (QED) is 0.664. The van der Waals surface area contributed by atoms with Crippen LogP contribution in [0.2, 0.25) is 0 Å². The molecule has 0 bridgehead atoms. The van der Waals surface area contributed by atoms with Gasteiger partial charge in [-0.2, -0.15) is 0 Å². The molecule has 2 aromatic rings. The number of rotatable bonds is 5. The number of hydrogen-bond donors (Lipinski definition) is 1. The fourth-order valence-corrected chi connectivity index (χ4v) is 4.98. The second-order valence-corrected chi connectivity index (χ2v) is 9.56. The molecule has 0 aliphatic heterocycles. The van der Waals surface area contributed by atoms with Gasteiger partial charge in [0.2, 0.25) is 5.91 Å². The predicted octanol–water partition coefficient (Wildman–Crippen LogP) is 6.07. The normalized spacial score (nSPS) is 22.2. The molecule has 1 fully saturated rings. The third kappa shape index (κ3) is 4.00. The third-order valence-corrected chi connectivity index (χ3v) is 7.02. The van der Waals surface area contributed by atoms with Crippen molar-refractivity contribution in [3.8, 4) is 10.4 Å². The van der Waals surface area contributed by atoms with E-state index in [4.69, 9.17) is 0 Å². The van der Waals surface area contributed by atoms with Crippen LogP contribution >= 0.6 is 11.3 Å². The summed E-state index contributed by atoms with van der Waals surface area (Å²) in [5, 5.41) is 9.82. The Morgan fingerprint density at radius 3 is 2.32 bits per heavy atom. The zero-order valence-electron chi connectivity index (χ0n) is 17.1. The lowest BCUT2D eigenvalue weighted by atomic mass is 9.71. The number of aromatic carboxylic acids is 1. The van der Waals surface area contributed by atoms with Crippen LogP contribution in [0, 0.1) is 11.3 Å². The van der Waals surface area contributed by atoms with Crippen molar-refractivity contribution in [3.63, 3.8) is 0 Å². The molecule has 4 nitrogen and oxygen atoms in total. The highest BCUT2D eigenvalue weighted by molar-refractivity contribution is 7.18. The molecule has 28 heavy (non-hydrogen) atoms. The Hall–Kier alpha value is -2.14. The number of carbonyl (C=O) groups is 2. The van der Waals surface area contributed by atoms with Gasteiger partial charge in [0.25, 0.3) is 0 Å². The molecule has 1 amide bonds. The van der Waals surface area contributed by atoms with Crippen molar-refractivity contribution < 1.29 is 14.7 Å². The molecule has 0 radical (unpaired) electrons. The van der Waals surface area contributed by atoms with E-state index in [1.54, 1.807) is 4.90 Å². The first kappa shape index (κ1) is 20.6. The van der Waals surface area contributed by atoms with Crippen molar-refractivity contribution in [2.75, 3.05) is 4.90 Å². The van der Waals surface area contributed by atoms with Gasteiger partial charge in [-0.25, -0.2) is 4.79 Å². The van der Waals surface area contributed by atoms with Gasteiger partial charge in [-0.05, 0) is 57.1 Å². The predicted molar refractivity (Wildman–Crippen MR) is 115 cm³/mol. The van der Waals surface area contributed by atoms with Crippen LogP contribution in [0.3, 0.4) is 0 Å². The second kappa shape index (κ2) is 8.08. The minimum Gasteiger partial charge on any atom is -0.477 e. The lowest BCUT2D eigenvalue weighted by Crippen LogP contribution is -2.47. The highest BCUT2D eigenvalue weighted by Gasteiger charge is 2.41. The van der Waals surface area contributed by atoms with E-state index in [1.807, 2.05) is 57.2 Å². The summed E-state index contributed by atoms with van der Waals surface area (Å²) in [6.07, 6.45) is 3.79. The van der Waals surface area contributed by atoms with E-state index in [1.165, 1.54) is 11.3 Å². The van der Waals surface area contributed by atoms with E-state index in [0.29, 0.717) is 11.6 Å². The van der Waals surface area contributed by atoms with E-state index >= 15 is 0 Å². The summed E-state index contributed by atoms with van der Waals surface area (Å²) in [5.41, 5.74) is 1.06. The zero-order valence-corrected chi connectivity index (χ0v) is 17.9. The van der Waals surface area contributed by atoms with E-state index < -0.39 is 11.4 Å². The van der Waals surface area contributed by atoms with Crippen molar-refractivity contribution in [2.24, 2.45) is 11.3 Å². The standard InChI is InChI=1S/C23H29NO3S/c1-15(2)24(22(27)23(4)12-10-16(3)11-13-23)18-14-19(28-20(18)21(25)26)17-8-6-5-7-9-17/h5-9,14-16H,10-13H2,1-4H3,(H,25,26). The molecule has 1 saturated carbocycles. The molecule has 0 atom stereocenters. The lowest BCUT2D eigenvalue weighted by Gasteiger charge is -2.40. The summed E-state index contributed by atoms with van der Waals surface area (Å²) < 4.78 is 0. The van der Waals surface area contributed by atoms with Crippen molar-refractivity contribution in [3.05, 3.63) is 41.3 Å². The van der Waals surface area contributed by atoms with E-state index in [0.717, 1.165) is 36.1 Å². The maximum atomic E-state index is 13.6. The number of nitrogens with zero attached hydrogens (tertiary/aromatic N) is 1. The zero-order chi connectivity index (χ0) is 20.5. The average molecular weight is 400 g/mol. The Kier molecular flexibility index (Phi) is 5.94. The number of hydrogen-bond acceptors (Lipinski definition) is 3. The summed E-state index contributed by atoms with van der Waals surface area (Å²) in [4.78, 5) is 28.4. The third-order valence-electron chi connectivity index (χ3n) is 5.85. The molecule has 1 heterocycles. The Bertz CT molecular complexity index is 848. The highest BCUT2D eigenvalue weighted by atomic mass is 32.1. The van der Waals surface area contributed by atoms with Crippen LogP contribution in [-0.4, -0.2) is 23.0 Å². The Morgan fingerprint density at radius 2 is 1.79 bits per heavy atom. The number of thiophene rings is 1. The smallest absolute Gasteiger partial charge is 0.348 e. The van der Waals surface area contributed by atoms with Gasteiger partial charge < -0.3 is 10.0 Å². The number of anilines is 1. The van der Waals surface area contributed by atoms with Gasteiger partial charge in [-0.1, -0.05) is 44.2 Å². The number of carboxylic acid groups (broad SMARTS) is 1. The minimum atomic E-state index is -0.983. The molecule has 0 saturated heterocycles. The van der Waals surface area contributed by atoms with E-state index in [9.17, 15) is 14.7 Å². The molecule has 1 N–H and O–H groups in total. The number of carboxylic acids is 1. The van der Waals surface area contributed by atoms with Gasteiger partial charge in [0, 0.05) is 16.3 Å². The van der Waals surface area contributed by atoms with Crippen molar-refractivity contribution in [1.82, 2.24) is 0 Å². The summed E-state index contributed by atoms with van der Waals surface area (Å²) in [6, 6.07) is 11.5. The largest absolute Gasteiger partial charge is 0.477 e. The first-order valence-electron chi connectivity index (χ1n) is 9.99. The van der Waals surface area contributed by atoms with Crippen LogP contribution in [0.5, 0.6) is 0 Å². The van der Waals surface area contributed by atoms with Gasteiger partial charge in [-0.3, -0.25) is 4.79 Å². The molecule has 1 aliphatic rings. The van der Waals surface area contributed by atoms with E-state index in [-0.39, 0.29) is 16.8 Å². The Morgan fingerprint density at radius 1 is 1.18 bits per heavy atom. The van der Waals surface area contributed by atoms with Crippen LogP contribution < -0.4 is 4.90 Å². The van der Waals surface area contributed by atoms with Crippen molar-refractivity contribution in [2.45, 2.75) is 59.4 Å². The fraction of sp³-hybridized carbons (Fsp3) is 0.478. The monoisotopic (exact) mass is 399 g/mol. The molecule has 1 aliphatic carbocycles. The summed E-state index contributed by atoms with van der Waals surface area (Å²) >= 11 is 1.24. The lowest BCUT2D eigenvalue weighted by molar-refractivity contribution is -0.129. The maximum absolute atomic E-state index is 13.6. The Balaban J connectivity index is 2.03. The molecule has 0 unspecified atom stereocenters. The van der Waals surface area contributed by atoms with Crippen LogP contribution in [0.25, 0.3) is 10.4 Å². The van der Waals surface area contributed by atoms with Gasteiger partial charge in [-0.15, -0.1) is 11.3 Å². The molecule has 5 heteroatoms. The van der Waals surface area contributed by atoms with Crippen LogP contribution in [0.15, 0.2) is 36.4 Å². The maximum Gasteiger partial charge on any atom is 0.348 e. The molecule has 0 spiro atoms. The van der Waals surface area contributed by atoms with Crippen molar-refractivity contribution >= 4 is 28.9 Å². The second-order valence-electron chi connectivity index (χ2n) is 8.51. The first-order chi connectivity index (χ1) is 13.2. The van der Waals surface area contributed by atoms with Crippen LogP contribution in [0.1, 0.15) is 63.0 Å². The molecule has 150 valence electrons. The minimum absolute atomic E-state index is 0.0503. The first-order valence-corrected chi connectivity index (χ1v) is 10.8. The SMILES string of the molecule is CC1CCC(C)(C(=O)N(c2cc(-c3ccccc3)sc2C(=O)O)C(C)C)CC1. The summed E-state index contributed by atoms with van der Waals surface area (Å²) in [6.45, 7) is 8.19. The molecular formula is C23H29NO3S. The van der Waals surface area contributed by atoms with Crippen LogP contribution in [0.4, 0.5) is 5.69 Å². The van der Waals surface area contributed by atoms with Crippen molar-refractivity contribution in [1.29, 1.82) is 0 Å². The van der Waals surface area contributed by atoms with Gasteiger partial charge in [0.15, 0.2) is 0 Å². The van der Waals surface area contributed by atoms with Gasteiger partial charge in [0.1, 0.15) is 4.88 Å². The molecule has 1 aromatic heterocycles. The summed E-state index contributed by atoms with van der Waals surface area (Å²) in [5.74, 6) is -0.286. The number of benzene rings is 1. The summed E-state index contributed by atoms with van der Waals surface area (Å²) in [7, 11) is 0. The topological polar surface area (TPSA) is 57.6 Å². The fourth-order valence-electron chi connectivity index (χ4n) is 3.98. The number of carbonyl (C=O) groups excluding carboxylic acids is 1. The van der Waals surface area contributed by atoms with Gasteiger partial charge >= 0.3 is 5.97 Å². The molecular weight excluding hydrogens is 370 g/mol. The highest BCUT2D eigenvalue weighted by Crippen LogP contribution is 2.44. The molecule has 3 rings (SSSR count). The van der Waals surface area contributed by atoms with Gasteiger partial charge in [0.05, 0.1) is 5.69 Å². The average Bonchev–Trinajstić information content (AvgIpc) is 3.10. The Labute approximate surface area is 171 Å². The number of amides is 1.